The maximum absolute atomic E-state index is 12.4. The molecule has 0 spiro atoms. The number of hydrogen-bond acceptors (Lipinski definition) is 5. The summed E-state index contributed by atoms with van der Waals surface area (Å²) < 4.78 is 5.21. The van der Waals surface area contributed by atoms with Crippen molar-refractivity contribution >= 4 is 28.5 Å². The maximum Gasteiger partial charge on any atom is 0.251 e. The number of para-hydroxylation sites is 1. The highest BCUT2D eigenvalue weighted by molar-refractivity contribution is 6.02. The van der Waals surface area contributed by atoms with Crippen LogP contribution in [-0.2, 0) is 13.0 Å². The Morgan fingerprint density at radius 3 is 2.26 bits per heavy atom. The zero-order chi connectivity index (χ0) is 29.7. The Morgan fingerprint density at radius 1 is 0.881 bits per heavy atom. The summed E-state index contributed by atoms with van der Waals surface area (Å²) in [5, 5.41) is 21.3. The van der Waals surface area contributed by atoms with Gasteiger partial charge in [0.25, 0.3) is 5.91 Å². The third-order valence-electron chi connectivity index (χ3n) is 6.80. The topological polar surface area (TPSA) is 118 Å². The number of aromatic nitrogens is 2. The zero-order valence-electron chi connectivity index (χ0n) is 23.9. The molecule has 0 bridgehead atoms. The van der Waals surface area contributed by atoms with Gasteiger partial charge in [0, 0.05) is 41.5 Å². The number of nitrogens with zero attached hydrogens (tertiary/aromatic N) is 2. The Balaban J connectivity index is 0.000000337. The molecule has 0 fully saturated rings. The Hall–Kier alpha value is -5.24. The van der Waals surface area contributed by atoms with Gasteiger partial charge in [-0.25, -0.2) is 0 Å². The number of H-pyrrole nitrogens is 1. The molecule has 5 rings (SSSR count). The molecule has 0 aliphatic carbocycles. The number of amides is 1. The summed E-state index contributed by atoms with van der Waals surface area (Å²) in [4.78, 5) is 21.1. The average molecular weight is 561 g/mol. The lowest BCUT2D eigenvalue weighted by Gasteiger charge is -2.26. The minimum atomic E-state index is -0.280. The van der Waals surface area contributed by atoms with Crippen LogP contribution < -0.4 is 10.1 Å². The van der Waals surface area contributed by atoms with E-state index in [2.05, 4.69) is 40.4 Å². The standard InChI is InChI=1S/C25H27N5O2.C9H9N/c1-32-22-10-7-20(8-11-22)18-30(23(26)12-9-19-5-3-2-4-6-19)24(27)17-29-25(31)21-13-15-28-16-14-21;1-7-6-10-9-5-3-2-4-8(7)9/h2-8,10-11,13-16,26-27H,9,12,17-18H2,1H3,(H,29,31);2-6,10H,1H3. The van der Waals surface area contributed by atoms with E-state index in [1.54, 1.807) is 36.5 Å². The molecule has 3 aromatic carbocycles. The molecule has 42 heavy (non-hydrogen) atoms. The monoisotopic (exact) mass is 560 g/mol. The van der Waals surface area contributed by atoms with Gasteiger partial charge in [0.15, 0.2) is 0 Å². The largest absolute Gasteiger partial charge is 0.497 e. The lowest BCUT2D eigenvalue weighted by atomic mass is 10.1. The molecule has 5 aromatic rings. The van der Waals surface area contributed by atoms with Crippen LogP contribution in [0.5, 0.6) is 5.75 Å². The number of amidine groups is 2. The smallest absolute Gasteiger partial charge is 0.251 e. The van der Waals surface area contributed by atoms with Gasteiger partial charge in [-0.05, 0) is 60.4 Å². The average Bonchev–Trinajstić information content (AvgIpc) is 3.43. The van der Waals surface area contributed by atoms with E-state index in [0.717, 1.165) is 16.9 Å². The van der Waals surface area contributed by atoms with E-state index in [1.165, 1.54) is 16.5 Å². The Labute approximate surface area is 246 Å². The Bertz CT molecular complexity index is 1600. The molecular weight excluding hydrogens is 524 g/mol. The number of ether oxygens (including phenoxy) is 1. The number of pyridine rings is 1. The first-order valence-electron chi connectivity index (χ1n) is 13.7. The summed E-state index contributed by atoms with van der Waals surface area (Å²) in [6.07, 6.45) is 6.33. The highest BCUT2D eigenvalue weighted by atomic mass is 16.5. The Kier molecular flexibility index (Phi) is 10.6. The van der Waals surface area contributed by atoms with E-state index in [1.807, 2.05) is 66.9 Å². The quantitative estimate of drug-likeness (QED) is 0.123. The van der Waals surface area contributed by atoms with Crippen LogP contribution in [0.1, 0.15) is 33.5 Å². The van der Waals surface area contributed by atoms with Crippen molar-refractivity contribution in [2.75, 3.05) is 13.7 Å². The predicted octanol–water partition coefficient (Wildman–Crippen LogP) is 6.39. The van der Waals surface area contributed by atoms with Gasteiger partial charge in [0.2, 0.25) is 0 Å². The maximum atomic E-state index is 12.4. The van der Waals surface area contributed by atoms with Crippen molar-refractivity contribution in [3.05, 3.63) is 132 Å². The second-order valence-corrected chi connectivity index (χ2v) is 9.75. The van der Waals surface area contributed by atoms with Crippen molar-refractivity contribution < 1.29 is 9.53 Å². The highest BCUT2D eigenvalue weighted by Crippen LogP contribution is 2.16. The lowest BCUT2D eigenvalue weighted by Crippen LogP contribution is -2.42. The summed E-state index contributed by atoms with van der Waals surface area (Å²) in [6, 6.07) is 29.1. The molecule has 0 aliphatic rings. The molecule has 0 aliphatic heterocycles. The number of hydrogen-bond donors (Lipinski definition) is 4. The van der Waals surface area contributed by atoms with Crippen molar-refractivity contribution in [1.82, 2.24) is 20.2 Å². The number of benzene rings is 3. The van der Waals surface area contributed by atoms with Crippen LogP contribution >= 0.6 is 0 Å². The second-order valence-electron chi connectivity index (χ2n) is 9.75. The third kappa shape index (κ3) is 8.38. The van der Waals surface area contributed by atoms with E-state index >= 15 is 0 Å². The van der Waals surface area contributed by atoms with Gasteiger partial charge in [-0.2, -0.15) is 0 Å². The second kappa shape index (κ2) is 14.9. The molecule has 0 atom stereocenters. The highest BCUT2D eigenvalue weighted by Gasteiger charge is 2.17. The number of carbonyl (C=O) groups excluding carboxylic acids is 1. The molecule has 0 radical (unpaired) electrons. The van der Waals surface area contributed by atoms with E-state index in [-0.39, 0.29) is 18.3 Å². The van der Waals surface area contributed by atoms with Crippen LogP contribution in [-0.4, -0.2) is 46.1 Å². The van der Waals surface area contributed by atoms with Crippen LogP contribution in [0.3, 0.4) is 0 Å². The lowest BCUT2D eigenvalue weighted by molar-refractivity contribution is 0.0958. The molecule has 2 heterocycles. The molecule has 2 aromatic heterocycles. The number of rotatable bonds is 9. The van der Waals surface area contributed by atoms with Crippen molar-refractivity contribution in [3.8, 4) is 5.75 Å². The van der Waals surface area contributed by atoms with Crippen LogP contribution in [0, 0.1) is 17.7 Å². The van der Waals surface area contributed by atoms with Crippen LogP contribution in [0.15, 0.2) is 110 Å². The van der Waals surface area contributed by atoms with Crippen molar-refractivity contribution in [1.29, 1.82) is 10.8 Å². The molecule has 1 amide bonds. The zero-order valence-corrected chi connectivity index (χ0v) is 23.9. The summed E-state index contributed by atoms with van der Waals surface area (Å²) >= 11 is 0. The Morgan fingerprint density at radius 2 is 1.57 bits per heavy atom. The van der Waals surface area contributed by atoms with E-state index < -0.39 is 0 Å². The normalized spacial score (nSPS) is 10.3. The molecule has 4 N–H and O–H groups in total. The van der Waals surface area contributed by atoms with Crippen molar-refractivity contribution in [3.63, 3.8) is 0 Å². The van der Waals surface area contributed by atoms with E-state index in [4.69, 9.17) is 15.6 Å². The molecule has 8 nitrogen and oxygen atoms in total. The first kappa shape index (κ1) is 29.7. The number of aryl methyl sites for hydroxylation is 2. The third-order valence-corrected chi connectivity index (χ3v) is 6.80. The minimum Gasteiger partial charge on any atom is -0.497 e. The van der Waals surface area contributed by atoms with Crippen molar-refractivity contribution in [2.45, 2.75) is 26.3 Å². The summed E-state index contributed by atoms with van der Waals surface area (Å²) in [6.45, 7) is 2.49. The molecule has 214 valence electrons. The van der Waals surface area contributed by atoms with Gasteiger partial charge < -0.3 is 19.9 Å². The fraction of sp³-hybridized carbons (Fsp3) is 0.176. The molecule has 0 unspecified atom stereocenters. The van der Waals surface area contributed by atoms with Gasteiger partial charge in [0.1, 0.15) is 17.4 Å². The predicted molar refractivity (Wildman–Crippen MR) is 168 cm³/mol. The number of methoxy groups -OCH3 is 1. The van der Waals surface area contributed by atoms with E-state index in [9.17, 15) is 4.79 Å². The van der Waals surface area contributed by atoms with Crippen LogP contribution in [0.4, 0.5) is 0 Å². The molecule has 0 saturated heterocycles. The fourth-order valence-corrected chi connectivity index (χ4v) is 4.39. The summed E-state index contributed by atoms with van der Waals surface area (Å²) in [5.74, 6) is 0.950. The fourth-order valence-electron chi connectivity index (χ4n) is 4.39. The first-order valence-corrected chi connectivity index (χ1v) is 13.7. The number of nitrogens with one attached hydrogen (secondary N) is 4. The van der Waals surface area contributed by atoms with Crippen molar-refractivity contribution in [2.24, 2.45) is 0 Å². The van der Waals surface area contributed by atoms with Gasteiger partial charge >= 0.3 is 0 Å². The van der Waals surface area contributed by atoms with Gasteiger partial charge in [-0.3, -0.25) is 20.6 Å². The van der Waals surface area contributed by atoms with Crippen LogP contribution in [0.2, 0.25) is 0 Å². The van der Waals surface area contributed by atoms with Gasteiger partial charge in [0.05, 0.1) is 20.2 Å². The van der Waals surface area contributed by atoms with Crippen LogP contribution in [0.25, 0.3) is 10.9 Å². The number of fused-ring (bicyclic) bond motifs is 1. The molecule has 0 saturated carbocycles. The van der Waals surface area contributed by atoms with Gasteiger partial charge in [-0.1, -0.05) is 60.7 Å². The number of aromatic amines is 1. The molecular formula is C34H36N6O2. The molecule has 8 heteroatoms. The van der Waals surface area contributed by atoms with Gasteiger partial charge in [-0.15, -0.1) is 0 Å². The summed E-state index contributed by atoms with van der Waals surface area (Å²) in [7, 11) is 1.61. The van der Waals surface area contributed by atoms with E-state index in [0.29, 0.717) is 30.8 Å². The SMILES string of the molecule is COc1ccc(CN(C(=N)CCc2ccccc2)C(=N)CNC(=O)c2ccncc2)cc1.Cc1c[nH]c2ccccc12. The first-order chi connectivity index (χ1) is 20.4. The number of carbonyl (C=O) groups is 1. The summed E-state index contributed by atoms with van der Waals surface area (Å²) in [5.41, 5.74) is 5.10. The minimum absolute atomic E-state index is 0.0189.